The molecule has 1 unspecified atom stereocenters. The summed E-state index contributed by atoms with van der Waals surface area (Å²) in [5.74, 6) is 0.803. The number of hydrogen-bond acceptors (Lipinski definition) is 3. The van der Waals surface area contributed by atoms with E-state index in [1.54, 1.807) is 7.11 Å². The fourth-order valence-electron chi connectivity index (χ4n) is 2.00. The van der Waals surface area contributed by atoms with Crippen LogP contribution in [0.3, 0.4) is 0 Å². The molecule has 0 saturated heterocycles. The molecule has 1 rings (SSSR count). The maximum Gasteiger partial charge on any atom is 0.0628 e. The molecule has 0 aromatic heterocycles. The monoisotopic (exact) mass is 228 g/mol. The van der Waals surface area contributed by atoms with Gasteiger partial charge in [0.15, 0.2) is 0 Å². The second kappa shape index (κ2) is 7.25. The van der Waals surface area contributed by atoms with Gasteiger partial charge in [-0.25, -0.2) is 0 Å². The van der Waals surface area contributed by atoms with Crippen molar-refractivity contribution in [3.63, 3.8) is 0 Å². The zero-order chi connectivity index (χ0) is 12.0. The zero-order valence-corrected chi connectivity index (χ0v) is 11.3. The van der Waals surface area contributed by atoms with Crippen molar-refractivity contribution in [1.29, 1.82) is 0 Å². The predicted molar refractivity (Wildman–Crippen MR) is 68.8 cm³/mol. The Kier molecular flexibility index (Phi) is 6.32. The van der Waals surface area contributed by atoms with E-state index in [4.69, 9.17) is 4.74 Å². The van der Waals surface area contributed by atoms with Crippen LogP contribution in [-0.2, 0) is 4.74 Å². The van der Waals surface area contributed by atoms with Gasteiger partial charge in [0.2, 0.25) is 0 Å². The summed E-state index contributed by atoms with van der Waals surface area (Å²) in [5, 5.41) is 3.34. The van der Waals surface area contributed by atoms with Gasteiger partial charge < -0.3 is 10.1 Å². The highest BCUT2D eigenvalue weighted by atomic mass is 16.5. The van der Waals surface area contributed by atoms with Crippen molar-refractivity contribution in [2.24, 2.45) is 5.92 Å². The predicted octanol–water partition coefficient (Wildman–Crippen LogP) is 1.73. The Bertz CT molecular complexity index is 181. The third-order valence-corrected chi connectivity index (χ3v) is 3.29. The first kappa shape index (κ1) is 13.9. The maximum atomic E-state index is 5.23. The summed E-state index contributed by atoms with van der Waals surface area (Å²) in [4.78, 5) is 2.64. The van der Waals surface area contributed by atoms with Crippen LogP contribution in [0.25, 0.3) is 0 Å². The van der Waals surface area contributed by atoms with Crippen LogP contribution in [-0.4, -0.2) is 50.8 Å². The average molecular weight is 228 g/mol. The van der Waals surface area contributed by atoms with Gasteiger partial charge in [0.25, 0.3) is 0 Å². The molecule has 1 atom stereocenters. The van der Waals surface area contributed by atoms with Crippen LogP contribution < -0.4 is 5.32 Å². The van der Waals surface area contributed by atoms with Gasteiger partial charge in [-0.2, -0.15) is 0 Å². The third-order valence-electron chi connectivity index (χ3n) is 3.29. The molecule has 1 saturated carbocycles. The van der Waals surface area contributed by atoms with Crippen molar-refractivity contribution in [2.75, 3.05) is 33.9 Å². The number of likely N-dealkylation sites (N-methyl/N-ethyl adjacent to an activating group) is 1. The van der Waals surface area contributed by atoms with Crippen LogP contribution in [0.5, 0.6) is 0 Å². The van der Waals surface area contributed by atoms with E-state index < -0.39 is 0 Å². The molecule has 1 fully saturated rings. The highest BCUT2D eigenvalue weighted by Crippen LogP contribution is 2.27. The number of nitrogens with one attached hydrogen (secondary N) is 1. The summed E-state index contributed by atoms with van der Waals surface area (Å²) in [6.45, 7) is 7.78. The van der Waals surface area contributed by atoms with Crippen molar-refractivity contribution in [1.82, 2.24) is 10.2 Å². The fraction of sp³-hybridized carbons (Fsp3) is 1.00. The minimum absolute atomic E-state index is 0.470. The van der Waals surface area contributed by atoms with Crippen LogP contribution >= 0.6 is 0 Å². The molecule has 1 N–H and O–H groups in total. The Morgan fingerprint density at radius 2 is 2.06 bits per heavy atom. The summed E-state index contributed by atoms with van der Waals surface area (Å²) in [6.07, 6.45) is 4.09. The van der Waals surface area contributed by atoms with E-state index in [1.165, 1.54) is 25.8 Å². The topological polar surface area (TPSA) is 24.5 Å². The number of ether oxygens (including phenoxy) is 1. The highest BCUT2D eigenvalue weighted by Gasteiger charge is 2.29. The Morgan fingerprint density at radius 1 is 1.38 bits per heavy atom. The summed E-state index contributed by atoms with van der Waals surface area (Å²) in [5.41, 5.74) is 0. The van der Waals surface area contributed by atoms with E-state index in [0.717, 1.165) is 25.1 Å². The quantitative estimate of drug-likeness (QED) is 0.650. The standard InChI is InChI=1S/C13H28N2O/c1-11(2)7-8-15(13-5-6-13)9-12(14-3)10-16-4/h11-14H,5-10H2,1-4H3. The Balaban J connectivity index is 2.31. The molecule has 0 amide bonds. The van der Waals surface area contributed by atoms with Gasteiger partial charge in [-0.1, -0.05) is 13.8 Å². The molecule has 16 heavy (non-hydrogen) atoms. The molecular weight excluding hydrogens is 200 g/mol. The van der Waals surface area contributed by atoms with E-state index in [-0.39, 0.29) is 0 Å². The van der Waals surface area contributed by atoms with Crippen LogP contribution in [0.1, 0.15) is 33.1 Å². The lowest BCUT2D eigenvalue weighted by molar-refractivity contribution is 0.136. The SMILES string of the molecule is CNC(COC)CN(CCC(C)C)C1CC1. The first-order valence-corrected chi connectivity index (χ1v) is 6.57. The molecule has 0 heterocycles. The highest BCUT2D eigenvalue weighted by molar-refractivity contribution is 4.86. The van der Waals surface area contributed by atoms with E-state index in [1.807, 2.05) is 7.05 Å². The second-order valence-electron chi connectivity index (χ2n) is 5.35. The molecule has 1 aliphatic rings. The Labute approximate surface area is 101 Å². The van der Waals surface area contributed by atoms with E-state index >= 15 is 0 Å². The molecular formula is C13H28N2O. The number of methoxy groups -OCH3 is 1. The lowest BCUT2D eigenvalue weighted by atomic mass is 10.1. The van der Waals surface area contributed by atoms with Gasteiger partial charge in [0, 0.05) is 25.7 Å². The summed E-state index contributed by atoms with van der Waals surface area (Å²) in [6, 6.07) is 1.32. The first-order chi connectivity index (χ1) is 7.67. The molecule has 1 aliphatic carbocycles. The first-order valence-electron chi connectivity index (χ1n) is 6.57. The number of nitrogens with zero attached hydrogens (tertiary/aromatic N) is 1. The van der Waals surface area contributed by atoms with Gasteiger partial charge in [0.1, 0.15) is 0 Å². The number of rotatable bonds is 9. The molecule has 0 spiro atoms. The summed E-state index contributed by atoms with van der Waals surface area (Å²) < 4.78 is 5.23. The smallest absolute Gasteiger partial charge is 0.0628 e. The van der Waals surface area contributed by atoms with Gasteiger partial charge in [-0.15, -0.1) is 0 Å². The summed E-state index contributed by atoms with van der Waals surface area (Å²) >= 11 is 0. The van der Waals surface area contributed by atoms with E-state index in [9.17, 15) is 0 Å². The molecule has 0 bridgehead atoms. The largest absolute Gasteiger partial charge is 0.383 e. The van der Waals surface area contributed by atoms with Crippen molar-refractivity contribution >= 4 is 0 Å². The van der Waals surface area contributed by atoms with Crippen molar-refractivity contribution in [3.8, 4) is 0 Å². The van der Waals surface area contributed by atoms with E-state index in [2.05, 4.69) is 24.1 Å². The number of hydrogen-bond donors (Lipinski definition) is 1. The van der Waals surface area contributed by atoms with Crippen LogP contribution in [0, 0.1) is 5.92 Å². The average Bonchev–Trinajstić information content (AvgIpc) is 3.06. The van der Waals surface area contributed by atoms with Crippen molar-refractivity contribution < 1.29 is 4.74 Å². The second-order valence-corrected chi connectivity index (χ2v) is 5.35. The third kappa shape index (κ3) is 5.28. The van der Waals surface area contributed by atoms with E-state index in [0.29, 0.717) is 6.04 Å². The molecule has 0 aromatic rings. The maximum absolute atomic E-state index is 5.23. The minimum atomic E-state index is 0.470. The molecule has 0 aliphatic heterocycles. The van der Waals surface area contributed by atoms with Gasteiger partial charge in [-0.05, 0) is 38.8 Å². The van der Waals surface area contributed by atoms with Gasteiger partial charge >= 0.3 is 0 Å². The fourth-order valence-corrected chi connectivity index (χ4v) is 2.00. The molecule has 0 aromatic carbocycles. The molecule has 3 heteroatoms. The molecule has 0 radical (unpaired) electrons. The zero-order valence-electron chi connectivity index (χ0n) is 11.3. The lowest BCUT2D eigenvalue weighted by Gasteiger charge is -2.27. The van der Waals surface area contributed by atoms with Gasteiger partial charge in [0.05, 0.1) is 6.61 Å². The Hall–Kier alpha value is -0.120. The van der Waals surface area contributed by atoms with Crippen molar-refractivity contribution in [2.45, 2.75) is 45.2 Å². The minimum Gasteiger partial charge on any atom is -0.383 e. The molecule has 3 nitrogen and oxygen atoms in total. The van der Waals surface area contributed by atoms with Gasteiger partial charge in [-0.3, -0.25) is 4.90 Å². The molecule has 96 valence electrons. The van der Waals surface area contributed by atoms with Crippen LogP contribution in [0.15, 0.2) is 0 Å². The van der Waals surface area contributed by atoms with Crippen LogP contribution in [0.4, 0.5) is 0 Å². The van der Waals surface area contributed by atoms with Crippen LogP contribution in [0.2, 0.25) is 0 Å². The van der Waals surface area contributed by atoms with Crippen molar-refractivity contribution in [3.05, 3.63) is 0 Å². The lowest BCUT2D eigenvalue weighted by Crippen LogP contribution is -2.43. The Morgan fingerprint density at radius 3 is 2.50 bits per heavy atom. The summed E-state index contributed by atoms with van der Waals surface area (Å²) in [7, 11) is 3.80. The normalized spacial score (nSPS) is 18.4.